The summed E-state index contributed by atoms with van der Waals surface area (Å²) in [5.41, 5.74) is 0.960. The number of hydrogen-bond donors (Lipinski definition) is 1. The Kier molecular flexibility index (Phi) is 17.4. The maximum Gasteiger partial charge on any atom is 0.162 e. The lowest BCUT2D eigenvalue weighted by molar-refractivity contribution is -0.870. The summed E-state index contributed by atoms with van der Waals surface area (Å²) in [6.45, 7) is 5.47. The third kappa shape index (κ3) is 21.0. The Morgan fingerprint density at radius 2 is 1.10 bits per heavy atom. The number of aryl methyl sites for hydroxylation is 1. The first-order valence-corrected chi connectivity index (χ1v) is 14.1. The van der Waals surface area contributed by atoms with Crippen molar-refractivity contribution < 1.29 is 18.8 Å². The van der Waals surface area contributed by atoms with Gasteiger partial charge in [0.1, 0.15) is 0 Å². The van der Waals surface area contributed by atoms with Crippen molar-refractivity contribution in [3.8, 4) is 0 Å². The minimum atomic E-state index is -4.29. The second-order valence-corrected chi connectivity index (χ2v) is 11.5. The molecule has 1 unspecified atom stereocenters. The summed E-state index contributed by atoms with van der Waals surface area (Å²) in [6.07, 6.45) is 20.4. The largest absolute Gasteiger partial charge is 0.775 e. The molecule has 0 amide bonds. The second kappa shape index (κ2) is 17.8. The Morgan fingerprint density at radius 1 is 0.742 bits per heavy atom. The van der Waals surface area contributed by atoms with E-state index in [-0.39, 0.29) is 5.30 Å². The highest BCUT2D eigenvalue weighted by Gasteiger charge is 2.05. The van der Waals surface area contributed by atoms with Gasteiger partial charge in [-0.25, -0.2) is 0 Å². The highest BCUT2D eigenvalue weighted by atomic mass is 31.2. The molecule has 5 heteroatoms. The van der Waals surface area contributed by atoms with Gasteiger partial charge in [-0.2, -0.15) is 0 Å². The van der Waals surface area contributed by atoms with Crippen molar-refractivity contribution in [2.24, 2.45) is 0 Å². The van der Waals surface area contributed by atoms with Crippen LogP contribution in [-0.4, -0.2) is 37.1 Å². The summed E-state index contributed by atoms with van der Waals surface area (Å²) in [4.78, 5) is 19.1. The first kappa shape index (κ1) is 30.3. The van der Waals surface area contributed by atoms with Crippen LogP contribution in [0.3, 0.4) is 0 Å². The van der Waals surface area contributed by atoms with Crippen LogP contribution in [0.4, 0.5) is 0 Å². The monoisotopic (exact) mass is 455 g/mol. The number of benzene rings is 1. The van der Waals surface area contributed by atoms with Crippen molar-refractivity contribution in [3.63, 3.8) is 0 Å². The highest BCUT2D eigenvalue weighted by molar-refractivity contribution is 7.58. The lowest BCUT2D eigenvalue weighted by atomic mass is 10.0. The molecule has 0 radical (unpaired) electrons. The lowest BCUT2D eigenvalue weighted by Gasteiger charge is -2.23. The molecule has 0 aliphatic carbocycles. The summed E-state index contributed by atoms with van der Waals surface area (Å²) < 4.78 is 11.7. The van der Waals surface area contributed by atoms with E-state index in [0.29, 0.717) is 0 Å². The van der Waals surface area contributed by atoms with Crippen LogP contribution in [0.5, 0.6) is 0 Å². The maximum absolute atomic E-state index is 10.5. The van der Waals surface area contributed by atoms with Crippen molar-refractivity contribution in [1.82, 2.24) is 0 Å². The fourth-order valence-corrected chi connectivity index (χ4v) is 4.04. The van der Waals surface area contributed by atoms with E-state index in [1.807, 2.05) is 6.92 Å². The predicted molar refractivity (Wildman–Crippen MR) is 134 cm³/mol. The van der Waals surface area contributed by atoms with Crippen LogP contribution in [0.2, 0.25) is 0 Å². The Hall–Kier alpha value is -0.670. The molecule has 4 nitrogen and oxygen atoms in total. The SMILES string of the molecule is CCCCCCCCCCCCCCCC[N+](C)(C)C.Cc1ccc(P(=O)([O-])O)cc1. The summed E-state index contributed by atoms with van der Waals surface area (Å²) in [7, 11) is 2.59. The van der Waals surface area contributed by atoms with Crippen molar-refractivity contribution in [1.29, 1.82) is 0 Å². The topological polar surface area (TPSA) is 60.4 Å². The zero-order valence-corrected chi connectivity index (χ0v) is 22.0. The van der Waals surface area contributed by atoms with Gasteiger partial charge in [-0.3, -0.25) is 0 Å². The summed E-state index contributed by atoms with van der Waals surface area (Å²) in [6, 6.07) is 6.03. The number of rotatable bonds is 16. The van der Waals surface area contributed by atoms with Crippen molar-refractivity contribution in [2.45, 2.75) is 104 Å². The Morgan fingerprint density at radius 3 is 1.42 bits per heavy atom. The third-order valence-electron chi connectivity index (χ3n) is 5.54. The van der Waals surface area contributed by atoms with E-state index in [4.69, 9.17) is 4.89 Å². The van der Waals surface area contributed by atoms with Crippen molar-refractivity contribution in [3.05, 3.63) is 29.8 Å². The molecule has 0 bridgehead atoms. The standard InChI is InChI=1S/C19H42N.C7H9O3P/c1-5-6-7-8-9-10-11-12-13-14-15-16-17-18-19-20(2,3)4;1-6-2-4-7(5-3-6)11(8,9)10/h5-19H2,1-4H3;2-5H,1H3,(H2,8,9,10)/q+1;/p-1. The molecule has 0 fully saturated rings. The molecule has 1 aromatic rings. The van der Waals surface area contributed by atoms with Crippen LogP contribution in [0.1, 0.15) is 102 Å². The molecule has 31 heavy (non-hydrogen) atoms. The molecule has 182 valence electrons. The molecule has 0 aliphatic heterocycles. The second-order valence-electron chi connectivity index (χ2n) is 9.97. The van der Waals surface area contributed by atoms with Gasteiger partial charge in [0.25, 0.3) is 0 Å². The molecule has 0 heterocycles. The molecule has 0 spiro atoms. The normalized spacial score (nSPS) is 13.4. The fraction of sp³-hybridized carbons (Fsp3) is 0.769. The first-order valence-electron chi connectivity index (χ1n) is 12.5. The van der Waals surface area contributed by atoms with Crippen LogP contribution >= 0.6 is 7.60 Å². The Bertz CT molecular complexity index is 575. The molecule has 0 aromatic heterocycles. The van der Waals surface area contributed by atoms with Gasteiger partial charge in [0, 0.05) is 5.30 Å². The molecule has 1 N–H and O–H groups in total. The average molecular weight is 456 g/mol. The van der Waals surface area contributed by atoms with Gasteiger partial charge in [0.15, 0.2) is 7.60 Å². The molecular formula is C26H50NO3P. The van der Waals surface area contributed by atoms with E-state index in [1.54, 1.807) is 12.1 Å². The first-order chi connectivity index (χ1) is 14.6. The van der Waals surface area contributed by atoms with Gasteiger partial charge in [-0.05, 0) is 19.8 Å². The maximum atomic E-state index is 10.5. The van der Waals surface area contributed by atoms with Crippen LogP contribution in [0.15, 0.2) is 24.3 Å². The zero-order chi connectivity index (χ0) is 23.6. The fourth-order valence-electron chi connectivity index (χ4n) is 3.51. The lowest BCUT2D eigenvalue weighted by Crippen LogP contribution is -2.35. The third-order valence-corrected chi connectivity index (χ3v) is 6.49. The van der Waals surface area contributed by atoms with Gasteiger partial charge in [0.2, 0.25) is 0 Å². The van der Waals surface area contributed by atoms with E-state index in [9.17, 15) is 9.46 Å². The van der Waals surface area contributed by atoms with Crippen LogP contribution < -0.4 is 10.2 Å². The van der Waals surface area contributed by atoms with E-state index in [0.717, 1.165) is 10.0 Å². The van der Waals surface area contributed by atoms with Crippen molar-refractivity contribution >= 4 is 12.9 Å². The zero-order valence-electron chi connectivity index (χ0n) is 21.1. The molecule has 1 aromatic carbocycles. The van der Waals surface area contributed by atoms with Gasteiger partial charge < -0.3 is 18.8 Å². The number of quaternary nitrogens is 1. The predicted octanol–water partition coefficient (Wildman–Crippen LogP) is 6.34. The Balaban J connectivity index is 0.000000683. The molecule has 1 atom stereocenters. The number of unbranched alkanes of at least 4 members (excludes halogenated alkanes) is 13. The summed E-state index contributed by atoms with van der Waals surface area (Å²) in [5.74, 6) is 0. The number of nitrogens with zero attached hydrogens (tertiary/aromatic N) is 1. The van der Waals surface area contributed by atoms with E-state index < -0.39 is 7.60 Å². The molecule has 0 saturated carbocycles. The molecular weight excluding hydrogens is 405 g/mol. The minimum absolute atomic E-state index is 0.0388. The van der Waals surface area contributed by atoms with Crippen LogP contribution in [-0.2, 0) is 4.57 Å². The molecule has 0 aliphatic rings. The molecule has 1 rings (SSSR count). The van der Waals surface area contributed by atoms with E-state index in [2.05, 4.69) is 28.1 Å². The number of hydrogen-bond acceptors (Lipinski definition) is 2. The van der Waals surface area contributed by atoms with Gasteiger partial charge in [-0.1, -0.05) is 114 Å². The molecule has 0 saturated heterocycles. The smallest absolute Gasteiger partial charge is 0.162 e. The van der Waals surface area contributed by atoms with Gasteiger partial charge in [-0.15, -0.1) is 0 Å². The quantitative estimate of drug-likeness (QED) is 0.180. The van der Waals surface area contributed by atoms with E-state index >= 15 is 0 Å². The van der Waals surface area contributed by atoms with Crippen molar-refractivity contribution in [2.75, 3.05) is 27.7 Å². The van der Waals surface area contributed by atoms with Gasteiger partial charge >= 0.3 is 0 Å². The Labute approximate surface area is 193 Å². The van der Waals surface area contributed by atoms with Gasteiger partial charge in [0.05, 0.1) is 27.7 Å². The average Bonchev–Trinajstić information content (AvgIpc) is 2.67. The summed E-state index contributed by atoms with van der Waals surface area (Å²) in [5, 5.41) is -0.0388. The van der Waals surface area contributed by atoms with Crippen LogP contribution in [0.25, 0.3) is 0 Å². The minimum Gasteiger partial charge on any atom is -0.775 e. The van der Waals surface area contributed by atoms with Crippen LogP contribution in [0, 0.1) is 6.92 Å². The van der Waals surface area contributed by atoms with E-state index in [1.165, 1.54) is 109 Å². The summed E-state index contributed by atoms with van der Waals surface area (Å²) >= 11 is 0. The highest BCUT2D eigenvalue weighted by Crippen LogP contribution is 2.27.